The molecule has 3 aromatic rings. The third kappa shape index (κ3) is 5.82. The van der Waals surface area contributed by atoms with Gasteiger partial charge in [0.25, 0.3) is 0 Å². The molecule has 2 heterocycles. The van der Waals surface area contributed by atoms with E-state index in [0.29, 0.717) is 40.6 Å². The summed E-state index contributed by atoms with van der Waals surface area (Å²) in [6.45, 7) is 2.98. The summed E-state index contributed by atoms with van der Waals surface area (Å²) in [4.78, 5) is 16.8. The fourth-order valence-corrected chi connectivity index (χ4v) is 4.41. The molecule has 33 heavy (non-hydrogen) atoms. The third-order valence-corrected chi connectivity index (χ3v) is 6.44. The predicted molar refractivity (Wildman–Crippen MR) is 128 cm³/mol. The number of nitrogens with zero attached hydrogens (tertiary/aromatic N) is 5. The topological polar surface area (TPSA) is 98.7 Å². The molecule has 2 aromatic carbocycles. The van der Waals surface area contributed by atoms with E-state index in [-0.39, 0.29) is 18.3 Å². The number of aromatic nitrogens is 3. The summed E-state index contributed by atoms with van der Waals surface area (Å²) >= 11 is 7.35. The number of benzene rings is 2. The number of anilines is 1. The van der Waals surface area contributed by atoms with Crippen molar-refractivity contribution in [2.24, 2.45) is 0 Å². The summed E-state index contributed by atoms with van der Waals surface area (Å²) in [6, 6.07) is 15.0. The van der Waals surface area contributed by atoms with Crippen LogP contribution < -0.4 is 20.2 Å². The van der Waals surface area contributed by atoms with E-state index in [0.717, 1.165) is 18.8 Å². The maximum absolute atomic E-state index is 12.7. The lowest BCUT2D eigenvalue weighted by molar-refractivity contribution is -0.128. The van der Waals surface area contributed by atoms with E-state index in [1.807, 2.05) is 47.4 Å². The van der Waals surface area contributed by atoms with Crippen LogP contribution in [0.15, 0.2) is 53.7 Å². The van der Waals surface area contributed by atoms with Gasteiger partial charge in [0.05, 0.1) is 12.9 Å². The second kappa shape index (κ2) is 10.7. The Labute approximate surface area is 201 Å². The van der Waals surface area contributed by atoms with Crippen molar-refractivity contribution in [2.75, 3.05) is 49.8 Å². The molecule has 1 aromatic heterocycles. The van der Waals surface area contributed by atoms with Gasteiger partial charge in [-0.05, 0) is 30.3 Å². The Bertz CT molecular complexity index is 1100. The molecule has 1 aliphatic heterocycles. The van der Waals surface area contributed by atoms with Crippen LogP contribution in [0.4, 0.5) is 5.69 Å². The lowest BCUT2D eigenvalue weighted by atomic mass is 10.2. The molecule has 0 bridgehead atoms. The SMILES string of the molecule is COc1cccc(OCc2nnc(SCC(=O)N3CCN(c4cccc(Cl)c4)CC3)n2N)c1. The maximum atomic E-state index is 12.7. The Morgan fingerprint density at radius 3 is 2.61 bits per heavy atom. The minimum Gasteiger partial charge on any atom is -0.497 e. The van der Waals surface area contributed by atoms with Gasteiger partial charge < -0.3 is 25.1 Å². The van der Waals surface area contributed by atoms with Crippen molar-refractivity contribution in [2.45, 2.75) is 11.8 Å². The zero-order chi connectivity index (χ0) is 23.2. The lowest BCUT2D eigenvalue weighted by Gasteiger charge is -2.36. The first kappa shape index (κ1) is 23.1. The number of halogens is 1. The van der Waals surface area contributed by atoms with Crippen molar-refractivity contribution in [3.63, 3.8) is 0 Å². The Morgan fingerprint density at radius 2 is 1.85 bits per heavy atom. The molecule has 1 saturated heterocycles. The number of nitrogens with two attached hydrogens (primary N) is 1. The first-order valence-corrected chi connectivity index (χ1v) is 11.8. The Hall–Kier alpha value is -3.11. The molecule has 0 atom stereocenters. The van der Waals surface area contributed by atoms with E-state index in [9.17, 15) is 4.79 Å². The molecule has 0 saturated carbocycles. The van der Waals surface area contributed by atoms with Gasteiger partial charge in [0, 0.05) is 43.0 Å². The molecule has 174 valence electrons. The largest absolute Gasteiger partial charge is 0.497 e. The number of carbonyl (C=O) groups is 1. The first-order valence-electron chi connectivity index (χ1n) is 10.4. The quantitative estimate of drug-likeness (QED) is 0.381. The average molecular weight is 489 g/mol. The summed E-state index contributed by atoms with van der Waals surface area (Å²) in [7, 11) is 1.60. The van der Waals surface area contributed by atoms with Crippen molar-refractivity contribution in [3.05, 3.63) is 59.4 Å². The van der Waals surface area contributed by atoms with Crippen molar-refractivity contribution in [3.8, 4) is 11.5 Å². The number of amides is 1. The highest BCUT2D eigenvalue weighted by atomic mass is 35.5. The number of hydrogen-bond acceptors (Lipinski definition) is 8. The highest BCUT2D eigenvalue weighted by Crippen LogP contribution is 2.23. The third-order valence-electron chi connectivity index (χ3n) is 5.27. The molecule has 1 aliphatic rings. The average Bonchev–Trinajstić information content (AvgIpc) is 3.20. The second-order valence-corrected chi connectivity index (χ2v) is 8.75. The van der Waals surface area contributed by atoms with Gasteiger partial charge in [0.2, 0.25) is 11.1 Å². The van der Waals surface area contributed by atoms with Crippen LogP contribution in [0.5, 0.6) is 11.5 Å². The molecule has 1 amide bonds. The molecule has 0 unspecified atom stereocenters. The number of hydrogen-bond donors (Lipinski definition) is 1. The molecule has 11 heteroatoms. The van der Waals surface area contributed by atoms with E-state index in [4.69, 9.17) is 26.9 Å². The van der Waals surface area contributed by atoms with Gasteiger partial charge in [-0.15, -0.1) is 10.2 Å². The Balaban J connectivity index is 1.25. The number of nitrogen functional groups attached to an aromatic ring is 1. The van der Waals surface area contributed by atoms with Gasteiger partial charge in [-0.25, -0.2) is 4.68 Å². The fourth-order valence-electron chi connectivity index (χ4n) is 3.45. The summed E-state index contributed by atoms with van der Waals surface area (Å²) in [5, 5.41) is 9.35. The van der Waals surface area contributed by atoms with Crippen LogP contribution in [0, 0.1) is 0 Å². The molecule has 1 fully saturated rings. The van der Waals surface area contributed by atoms with Gasteiger partial charge in [-0.3, -0.25) is 4.79 Å². The van der Waals surface area contributed by atoms with Crippen LogP contribution in [0.3, 0.4) is 0 Å². The smallest absolute Gasteiger partial charge is 0.233 e. The van der Waals surface area contributed by atoms with Crippen LogP contribution in [0.2, 0.25) is 5.02 Å². The fraction of sp³-hybridized carbons (Fsp3) is 0.318. The van der Waals surface area contributed by atoms with Crippen molar-refractivity contribution < 1.29 is 14.3 Å². The van der Waals surface area contributed by atoms with Crippen LogP contribution >= 0.6 is 23.4 Å². The Morgan fingerprint density at radius 1 is 1.09 bits per heavy atom. The van der Waals surface area contributed by atoms with Crippen molar-refractivity contribution in [1.29, 1.82) is 0 Å². The van der Waals surface area contributed by atoms with Crippen LogP contribution in [0.25, 0.3) is 0 Å². The van der Waals surface area contributed by atoms with Crippen molar-refractivity contribution in [1.82, 2.24) is 19.8 Å². The summed E-state index contributed by atoms with van der Waals surface area (Å²) < 4.78 is 12.3. The van der Waals surface area contributed by atoms with Gasteiger partial charge in [0.1, 0.15) is 18.1 Å². The molecule has 0 radical (unpaired) electrons. The molecular formula is C22H25ClN6O3S. The van der Waals surface area contributed by atoms with Gasteiger partial charge in [0.15, 0.2) is 5.82 Å². The molecule has 0 spiro atoms. The predicted octanol–water partition coefficient (Wildman–Crippen LogP) is 2.67. The van der Waals surface area contributed by atoms with E-state index in [1.54, 1.807) is 13.2 Å². The van der Waals surface area contributed by atoms with Crippen LogP contribution in [-0.4, -0.2) is 64.7 Å². The molecule has 0 aliphatic carbocycles. The number of carbonyl (C=O) groups excluding carboxylic acids is 1. The van der Waals surface area contributed by atoms with E-state index in [1.165, 1.54) is 16.4 Å². The zero-order valence-electron chi connectivity index (χ0n) is 18.2. The second-order valence-electron chi connectivity index (χ2n) is 7.37. The number of ether oxygens (including phenoxy) is 2. The highest BCUT2D eigenvalue weighted by molar-refractivity contribution is 7.99. The lowest BCUT2D eigenvalue weighted by Crippen LogP contribution is -2.49. The van der Waals surface area contributed by atoms with Gasteiger partial charge in [-0.2, -0.15) is 0 Å². The Kier molecular flexibility index (Phi) is 7.46. The number of piperazine rings is 1. The molecule has 2 N–H and O–H groups in total. The minimum atomic E-state index is 0.0444. The monoisotopic (exact) mass is 488 g/mol. The minimum absolute atomic E-state index is 0.0444. The van der Waals surface area contributed by atoms with E-state index in [2.05, 4.69) is 15.1 Å². The van der Waals surface area contributed by atoms with Crippen molar-refractivity contribution >= 4 is 35.0 Å². The number of thioether (sulfide) groups is 1. The molecular weight excluding hydrogens is 464 g/mol. The molecule has 4 rings (SSSR count). The number of methoxy groups -OCH3 is 1. The van der Waals surface area contributed by atoms with Crippen LogP contribution in [-0.2, 0) is 11.4 Å². The normalized spacial score (nSPS) is 13.8. The van der Waals surface area contributed by atoms with Crippen LogP contribution in [0.1, 0.15) is 5.82 Å². The summed E-state index contributed by atoms with van der Waals surface area (Å²) in [5.74, 6) is 8.19. The van der Waals surface area contributed by atoms with E-state index >= 15 is 0 Å². The van der Waals surface area contributed by atoms with E-state index < -0.39 is 0 Å². The molecule has 9 nitrogen and oxygen atoms in total. The zero-order valence-corrected chi connectivity index (χ0v) is 19.8. The van der Waals surface area contributed by atoms with Gasteiger partial charge >= 0.3 is 0 Å². The van der Waals surface area contributed by atoms with Gasteiger partial charge in [-0.1, -0.05) is 35.5 Å². The number of rotatable bonds is 8. The maximum Gasteiger partial charge on any atom is 0.233 e. The first-order chi connectivity index (χ1) is 16.0. The standard InChI is InChI=1S/C22H25ClN6O3S/c1-31-18-6-3-7-19(13-18)32-14-20-25-26-22(29(20)24)33-15-21(30)28-10-8-27(9-11-28)17-5-2-4-16(23)12-17/h2-7,12-13H,8-11,14-15,24H2,1H3. The summed E-state index contributed by atoms with van der Waals surface area (Å²) in [6.07, 6.45) is 0. The summed E-state index contributed by atoms with van der Waals surface area (Å²) in [5.41, 5.74) is 1.07. The highest BCUT2D eigenvalue weighted by Gasteiger charge is 2.22.